The average molecular weight is 294 g/mol. The second kappa shape index (κ2) is 7.31. The van der Waals surface area contributed by atoms with Crippen molar-refractivity contribution in [1.82, 2.24) is 0 Å². The molecule has 0 amide bonds. The van der Waals surface area contributed by atoms with E-state index in [1.807, 2.05) is 48.2 Å². The average Bonchev–Trinajstić information content (AvgIpc) is 2.44. The molecule has 1 N–H and O–H groups in total. The van der Waals surface area contributed by atoms with Crippen LogP contribution in [0.2, 0.25) is 5.02 Å². The number of rotatable bonds is 6. The quantitative estimate of drug-likeness (QED) is 0.623. The van der Waals surface area contributed by atoms with Crippen molar-refractivity contribution in [1.29, 1.82) is 0 Å². The van der Waals surface area contributed by atoms with Gasteiger partial charge in [-0.25, -0.2) is 0 Å². The minimum atomic E-state index is 0.757. The molecule has 0 saturated heterocycles. The van der Waals surface area contributed by atoms with E-state index < -0.39 is 0 Å². The molecule has 0 aliphatic heterocycles. The molecule has 0 spiro atoms. The lowest BCUT2D eigenvalue weighted by molar-refractivity contribution is 0.414. The van der Waals surface area contributed by atoms with Crippen LogP contribution in [0.25, 0.3) is 0 Å². The number of thioether (sulfide) groups is 1. The zero-order valence-corrected chi connectivity index (χ0v) is 12.3. The van der Waals surface area contributed by atoms with Crippen molar-refractivity contribution < 1.29 is 4.74 Å². The first-order chi connectivity index (χ1) is 9.28. The van der Waals surface area contributed by atoms with Crippen LogP contribution in [-0.4, -0.2) is 19.4 Å². The van der Waals surface area contributed by atoms with Gasteiger partial charge in [-0.2, -0.15) is 0 Å². The number of methoxy groups -OCH3 is 1. The van der Waals surface area contributed by atoms with E-state index in [1.165, 1.54) is 4.90 Å². The minimum Gasteiger partial charge on any atom is -0.497 e. The van der Waals surface area contributed by atoms with Crippen LogP contribution in [0.1, 0.15) is 0 Å². The van der Waals surface area contributed by atoms with E-state index in [-0.39, 0.29) is 0 Å². The van der Waals surface area contributed by atoms with Gasteiger partial charge in [-0.3, -0.25) is 0 Å². The number of ether oxygens (including phenoxy) is 1. The van der Waals surface area contributed by atoms with Crippen molar-refractivity contribution in [2.75, 3.05) is 24.7 Å². The number of halogens is 1. The first-order valence-electron chi connectivity index (χ1n) is 6.04. The summed E-state index contributed by atoms with van der Waals surface area (Å²) in [5.74, 6) is 1.89. The molecule has 2 nitrogen and oxygen atoms in total. The zero-order chi connectivity index (χ0) is 13.5. The summed E-state index contributed by atoms with van der Waals surface area (Å²) in [7, 11) is 1.68. The first kappa shape index (κ1) is 14.1. The second-order valence-electron chi connectivity index (χ2n) is 3.96. The fraction of sp³-hybridized carbons (Fsp3) is 0.200. The normalized spacial score (nSPS) is 10.2. The maximum Gasteiger partial charge on any atom is 0.118 e. The molecule has 100 valence electrons. The monoisotopic (exact) mass is 293 g/mol. The van der Waals surface area contributed by atoms with Gasteiger partial charge in [0.2, 0.25) is 0 Å². The van der Waals surface area contributed by atoms with Crippen LogP contribution < -0.4 is 10.1 Å². The van der Waals surface area contributed by atoms with Crippen LogP contribution >= 0.6 is 23.4 Å². The Balaban J connectivity index is 1.74. The molecule has 4 heteroatoms. The maximum absolute atomic E-state index is 5.93. The van der Waals surface area contributed by atoms with Gasteiger partial charge < -0.3 is 10.1 Å². The molecule has 0 bridgehead atoms. The van der Waals surface area contributed by atoms with Crippen LogP contribution in [0.5, 0.6) is 5.75 Å². The summed E-state index contributed by atoms with van der Waals surface area (Å²) >= 11 is 7.74. The fourth-order valence-electron chi connectivity index (χ4n) is 1.63. The van der Waals surface area contributed by atoms with E-state index >= 15 is 0 Å². The van der Waals surface area contributed by atoms with Gasteiger partial charge in [0, 0.05) is 27.9 Å². The van der Waals surface area contributed by atoms with Crippen LogP contribution in [-0.2, 0) is 0 Å². The topological polar surface area (TPSA) is 21.3 Å². The molecule has 0 unspecified atom stereocenters. The van der Waals surface area contributed by atoms with Gasteiger partial charge in [0.15, 0.2) is 0 Å². The van der Waals surface area contributed by atoms with Crippen LogP contribution in [0.4, 0.5) is 5.69 Å². The Kier molecular flexibility index (Phi) is 5.43. The third-order valence-electron chi connectivity index (χ3n) is 2.58. The lowest BCUT2D eigenvalue weighted by atomic mass is 10.3. The van der Waals surface area contributed by atoms with Crippen molar-refractivity contribution in [3.8, 4) is 5.75 Å². The summed E-state index contributed by atoms with van der Waals surface area (Å²) in [5.41, 5.74) is 1.06. The van der Waals surface area contributed by atoms with Gasteiger partial charge in [0.05, 0.1) is 7.11 Å². The Morgan fingerprint density at radius 2 is 1.95 bits per heavy atom. The standard InChI is InChI=1S/C15H16ClNOS/c1-18-14-5-7-15(8-6-14)19-10-9-17-13-4-2-3-12(16)11-13/h2-8,11,17H,9-10H2,1H3. The van der Waals surface area contributed by atoms with Gasteiger partial charge >= 0.3 is 0 Å². The van der Waals surface area contributed by atoms with Crippen molar-refractivity contribution in [2.45, 2.75) is 4.90 Å². The van der Waals surface area contributed by atoms with Crippen LogP contribution in [0, 0.1) is 0 Å². The predicted octanol–water partition coefficient (Wildman–Crippen LogP) is 4.55. The van der Waals surface area contributed by atoms with E-state index in [1.54, 1.807) is 7.11 Å². The molecule has 0 aliphatic rings. The molecule has 2 aromatic carbocycles. The largest absolute Gasteiger partial charge is 0.497 e. The summed E-state index contributed by atoms with van der Waals surface area (Å²) in [6, 6.07) is 15.9. The fourth-order valence-corrected chi connectivity index (χ4v) is 2.59. The van der Waals surface area contributed by atoms with Gasteiger partial charge in [0.1, 0.15) is 5.75 Å². The lowest BCUT2D eigenvalue weighted by Gasteiger charge is -2.07. The molecule has 0 saturated carbocycles. The third kappa shape index (κ3) is 4.69. The van der Waals surface area contributed by atoms with Gasteiger partial charge in [-0.1, -0.05) is 17.7 Å². The highest BCUT2D eigenvalue weighted by molar-refractivity contribution is 7.99. The summed E-state index contributed by atoms with van der Waals surface area (Å²) in [4.78, 5) is 1.24. The Morgan fingerprint density at radius 1 is 1.16 bits per heavy atom. The molecule has 0 aromatic heterocycles. The maximum atomic E-state index is 5.93. The summed E-state index contributed by atoms with van der Waals surface area (Å²) in [6.07, 6.45) is 0. The summed E-state index contributed by atoms with van der Waals surface area (Å²) < 4.78 is 5.13. The molecule has 0 radical (unpaired) electrons. The second-order valence-corrected chi connectivity index (χ2v) is 5.57. The molecular weight excluding hydrogens is 278 g/mol. The van der Waals surface area contributed by atoms with Crippen LogP contribution in [0.15, 0.2) is 53.4 Å². The molecule has 2 rings (SSSR count). The summed E-state index contributed by atoms with van der Waals surface area (Å²) in [5, 5.41) is 4.11. The van der Waals surface area contributed by atoms with Crippen molar-refractivity contribution in [2.24, 2.45) is 0 Å². The Hall–Kier alpha value is -1.32. The Bertz CT molecular complexity index is 516. The van der Waals surface area contributed by atoms with E-state index in [0.29, 0.717) is 0 Å². The number of hydrogen-bond donors (Lipinski definition) is 1. The molecule has 2 aromatic rings. The SMILES string of the molecule is COc1ccc(SCCNc2cccc(Cl)c2)cc1. The highest BCUT2D eigenvalue weighted by Crippen LogP contribution is 2.21. The van der Waals surface area contributed by atoms with E-state index in [4.69, 9.17) is 16.3 Å². The highest BCUT2D eigenvalue weighted by atomic mass is 35.5. The van der Waals surface area contributed by atoms with Crippen molar-refractivity contribution in [3.63, 3.8) is 0 Å². The molecule has 0 aliphatic carbocycles. The molecule has 0 fully saturated rings. The van der Waals surface area contributed by atoms with Gasteiger partial charge in [-0.15, -0.1) is 11.8 Å². The van der Waals surface area contributed by atoms with E-state index in [9.17, 15) is 0 Å². The van der Waals surface area contributed by atoms with Crippen LogP contribution in [0.3, 0.4) is 0 Å². The predicted molar refractivity (Wildman–Crippen MR) is 83.7 cm³/mol. The highest BCUT2D eigenvalue weighted by Gasteiger charge is 1.96. The summed E-state index contributed by atoms with van der Waals surface area (Å²) in [6.45, 7) is 0.900. The smallest absolute Gasteiger partial charge is 0.118 e. The molecule has 19 heavy (non-hydrogen) atoms. The van der Waals surface area contributed by atoms with Crippen molar-refractivity contribution >= 4 is 29.1 Å². The van der Waals surface area contributed by atoms with E-state index in [2.05, 4.69) is 17.4 Å². The molecular formula is C15H16ClNOS. The first-order valence-corrected chi connectivity index (χ1v) is 7.40. The number of benzene rings is 2. The molecule has 0 heterocycles. The number of nitrogens with one attached hydrogen (secondary N) is 1. The Labute approximate surface area is 123 Å². The zero-order valence-electron chi connectivity index (χ0n) is 10.7. The van der Waals surface area contributed by atoms with Crippen molar-refractivity contribution in [3.05, 3.63) is 53.6 Å². The van der Waals surface area contributed by atoms with Gasteiger partial charge in [0.25, 0.3) is 0 Å². The Morgan fingerprint density at radius 3 is 2.63 bits per heavy atom. The minimum absolute atomic E-state index is 0.757. The number of hydrogen-bond acceptors (Lipinski definition) is 3. The number of anilines is 1. The lowest BCUT2D eigenvalue weighted by Crippen LogP contribution is -2.03. The third-order valence-corrected chi connectivity index (χ3v) is 3.83. The molecule has 0 atom stereocenters. The van der Waals surface area contributed by atoms with E-state index in [0.717, 1.165) is 28.8 Å². The van der Waals surface area contributed by atoms with Gasteiger partial charge in [-0.05, 0) is 42.5 Å².